The van der Waals surface area contributed by atoms with Crippen molar-refractivity contribution in [3.05, 3.63) is 42.0 Å². The monoisotopic (exact) mass is 384 g/mol. The molecular formula is C23H32N2O3. The van der Waals surface area contributed by atoms with Gasteiger partial charge in [0.05, 0.1) is 13.5 Å². The maximum atomic E-state index is 11.0. The van der Waals surface area contributed by atoms with Crippen molar-refractivity contribution in [2.24, 2.45) is 11.8 Å². The van der Waals surface area contributed by atoms with Crippen LogP contribution in [-0.4, -0.2) is 59.7 Å². The van der Waals surface area contributed by atoms with Crippen LogP contribution >= 0.6 is 0 Å². The molecule has 0 aliphatic carbocycles. The average molecular weight is 385 g/mol. The van der Waals surface area contributed by atoms with E-state index in [-0.39, 0.29) is 6.42 Å². The molecule has 3 fully saturated rings. The third-order valence-corrected chi connectivity index (χ3v) is 6.85. The zero-order valence-electron chi connectivity index (χ0n) is 16.8. The Kier molecular flexibility index (Phi) is 6.02. The molecule has 28 heavy (non-hydrogen) atoms. The van der Waals surface area contributed by atoms with Crippen molar-refractivity contribution in [3.8, 4) is 5.75 Å². The molecule has 3 aliphatic heterocycles. The van der Waals surface area contributed by atoms with E-state index in [1.165, 1.54) is 44.3 Å². The van der Waals surface area contributed by atoms with Gasteiger partial charge >= 0.3 is 5.97 Å². The quantitative estimate of drug-likeness (QED) is 0.762. The molecule has 1 aromatic carbocycles. The van der Waals surface area contributed by atoms with E-state index in [4.69, 9.17) is 9.84 Å². The van der Waals surface area contributed by atoms with Gasteiger partial charge in [-0.2, -0.15) is 0 Å². The van der Waals surface area contributed by atoms with Gasteiger partial charge in [0, 0.05) is 25.2 Å². The molecule has 3 saturated heterocycles. The highest BCUT2D eigenvalue weighted by molar-refractivity contribution is 5.68. The lowest BCUT2D eigenvalue weighted by atomic mass is 9.69. The predicted octanol–water partition coefficient (Wildman–Crippen LogP) is 3.40. The first-order valence-corrected chi connectivity index (χ1v) is 10.6. The second kappa shape index (κ2) is 8.66. The Morgan fingerprint density at radius 2 is 1.96 bits per heavy atom. The third-order valence-electron chi connectivity index (χ3n) is 6.85. The van der Waals surface area contributed by atoms with Crippen LogP contribution in [0.3, 0.4) is 0 Å². The van der Waals surface area contributed by atoms with Crippen molar-refractivity contribution in [1.29, 1.82) is 0 Å². The molecule has 0 unspecified atom stereocenters. The number of rotatable bonds is 6. The zero-order chi connectivity index (χ0) is 19.5. The van der Waals surface area contributed by atoms with Gasteiger partial charge in [0.25, 0.3) is 0 Å². The van der Waals surface area contributed by atoms with Gasteiger partial charge in [-0.15, -0.1) is 0 Å². The second-order valence-electron chi connectivity index (χ2n) is 8.53. The Morgan fingerprint density at radius 3 is 2.68 bits per heavy atom. The van der Waals surface area contributed by atoms with E-state index in [2.05, 4.69) is 28.0 Å². The molecule has 3 heterocycles. The molecular weight excluding hydrogens is 352 g/mol. The van der Waals surface area contributed by atoms with Crippen molar-refractivity contribution in [1.82, 2.24) is 9.80 Å². The van der Waals surface area contributed by atoms with Gasteiger partial charge in [0.15, 0.2) is 0 Å². The fourth-order valence-electron chi connectivity index (χ4n) is 5.73. The number of carbonyl (C=O) groups is 1. The smallest absolute Gasteiger partial charge is 0.307 e. The summed E-state index contributed by atoms with van der Waals surface area (Å²) in [6, 6.07) is 9.35. The van der Waals surface area contributed by atoms with Crippen LogP contribution in [-0.2, 0) is 11.3 Å². The molecule has 0 aromatic heterocycles. The highest BCUT2D eigenvalue weighted by Gasteiger charge is 2.47. The van der Waals surface area contributed by atoms with Crippen LogP contribution in [0.25, 0.3) is 0 Å². The number of methoxy groups -OCH3 is 1. The minimum absolute atomic E-state index is 0.109. The molecule has 5 nitrogen and oxygen atoms in total. The standard InChI is InChI=1S/C23H32N2O3/c1-28-19-11-9-17(10-12-19)15-25-16-18-5-3-13-24-14-4-6-20(23(18)24)21(25)7-2-8-22(26)27/h2,7,9-12,18,20-21,23H,3-6,8,13-16H2,1H3,(H,26,27)/b7-2-/t18-,20+,21+,23-/m0/s1. The SMILES string of the molecule is COc1ccc(CN2C[C@@H]3CCCN4CCC[C@@H]([C@H]34)[C@H]2/C=C\CC(=O)O)cc1. The summed E-state index contributed by atoms with van der Waals surface area (Å²) in [5.74, 6) is 1.47. The van der Waals surface area contributed by atoms with E-state index < -0.39 is 5.97 Å². The van der Waals surface area contributed by atoms with Crippen molar-refractivity contribution in [3.63, 3.8) is 0 Å². The Bertz CT molecular complexity index is 700. The van der Waals surface area contributed by atoms with Gasteiger partial charge in [-0.3, -0.25) is 14.6 Å². The number of benzene rings is 1. The first-order chi connectivity index (χ1) is 13.7. The topological polar surface area (TPSA) is 53.0 Å². The van der Waals surface area contributed by atoms with Gasteiger partial charge < -0.3 is 9.84 Å². The average Bonchev–Trinajstić information content (AvgIpc) is 2.71. The molecule has 1 N–H and O–H groups in total. The minimum Gasteiger partial charge on any atom is -0.497 e. The van der Waals surface area contributed by atoms with Crippen LogP contribution in [0.2, 0.25) is 0 Å². The highest BCUT2D eigenvalue weighted by Crippen LogP contribution is 2.42. The van der Waals surface area contributed by atoms with Gasteiger partial charge in [0.2, 0.25) is 0 Å². The number of hydrogen-bond acceptors (Lipinski definition) is 4. The summed E-state index contributed by atoms with van der Waals surface area (Å²) in [4.78, 5) is 16.4. The van der Waals surface area contributed by atoms with Gasteiger partial charge in [-0.05, 0) is 68.3 Å². The highest BCUT2D eigenvalue weighted by atomic mass is 16.5. The molecule has 5 heteroatoms. The number of nitrogens with zero attached hydrogens (tertiary/aromatic N) is 2. The van der Waals surface area contributed by atoms with Gasteiger partial charge in [-0.25, -0.2) is 0 Å². The number of carboxylic acid groups (broad SMARTS) is 1. The Hall–Kier alpha value is -1.85. The van der Waals surface area contributed by atoms with E-state index in [9.17, 15) is 4.79 Å². The molecule has 0 saturated carbocycles. The maximum absolute atomic E-state index is 11.0. The van der Waals surface area contributed by atoms with Crippen molar-refractivity contribution >= 4 is 5.97 Å². The lowest BCUT2D eigenvalue weighted by Gasteiger charge is -2.57. The summed E-state index contributed by atoms with van der Waals surface area (Å²) in [6.07, 6.45) is 9.31. The molecule has 4 rings (SSSR count). The third kappa shape index (κ3) is 4.11. The fourth-order valence-corrected chi connectivity index (χ4v) is 5.73. The largest absolute Gasteiger partial charge is 0.497 e. The molecule has 3 aliphatic rings. The lowest BCUT2D eigenvalue weighted by molar-refractivity contribution is -0.136. The number of ether oxygens (including phenoxy) is 1. The summed E-state index contributed by atoms with van der Waals surface area (Å²) < 4.78 is 5.29. The van der Waals surface area contributed by atoms with Gasteiger partial charge in [-0.1, -0.05) is 24.3 Å². The molecule has 0 amide bonds. The molecule has 4 atom stereocenters. The van der Waals surface area contributed by atoms with Crippen LogP contribution in [0.5, 0.6) is 5.75 Å². The van der Waals surface area contributed by atoms with Crippen LogP contribution in [0, 0.1) is 11.8 Å². The predicted molar refractivity (Wildman–Crippen MR) is 109 cm³/mol. The summed E-state index contributed by atoms with van der Waals surface area (Å²) >= 11 is 0. The summed E-state index contributed by atoms with van der Waals surface area (Å²) in [6.45, 7) is 4.49. The Morgan fingerprint density at radius 1 is 1.21 bits per heavy atom. The van der Waals surface area contributed by atoms with Crippen LogP contribution in [0.15, 0.2) is 36.4 Å². The summed E-state index contributed by atoms with van der Waals surface area (Å²) in [7, 11) is 1.70. The zero-order valence-corrected chi connectivity index (χ0v) is 16.8. The van der Waals surface area contributed by atoms with E-state index >= 15 is 0 Å². The normalized spacial score (nSPS) is 30.9. The van der Waals surface area contributed by atoms with Crippen LogP contribution in [0.1, 0.15) is 37.7 Å². The first-order valence-electron chi connectivity index (χ1n) is 10.6. The first kappa shape index (κ1) is 19.5. The van der Waals surface area contributed by atoms with E-state index in [1.54, 1.807) is 7.11 Å². The lowest BCUT2D eigenvalue weighted by Crippen LogP contribution is -2.64. The van der Waals surface area contributed by atoms with Crippen LogP contribution in [0.4, 0.5) is 0 Å². The number of piperidine rings is 3. The van der Waals surface area contributed by atoms with Crippen molar-refractivity contribution in [2.45, 2.75) is 50.7 Å². The maximum Gasteiger partial charge on any atom is 0.307 e. The van der Waals surface area contributed by atoms with E-state index in [0.29, 0.717) is 18.0 Å². The van der Waals surface area contributed by atoms with E-state index in [0.717, 1.165) is 24.8 Å². The Labute approximate surface area is 168 Å². The van der Waals surface area contributed by atoms with Crippen molar-refractivity contribution < 1.29 is 14.6 Å². The summed E-state index contributed by atoms with van der Waals surface area (Å²) in [5.41, 5.74) is 1.29. The molecule has 0 bridgehead atoms. The Balaban J connectivity index is 1.57. The molecule has 0 spiro atoms. The van der Waals surface area contributed by atoms with E-state index in [1.807, 2.05) is 18.2 Å². The summed E-state index contributed by atoms with van der Waals surface area (Å²) in [5, 5.41) is 9.07. The second-order valence-corrected chi connectivity index (χ2v) is 8.53. The molecule has 152 valence electrons. The fraction of sp³-hybridized carbons (Fsp3) is 0.609. The van der Waals surface area contributed by atoms with Crippen LogP contribution < -0.4 is 4.74 Å². The number of aliphatic carboxylic acids is 1. The number of carboxylic acids is 1. The van der Waals surface area contributed by atoms with Gasteiger partial charge in [0.1, 0.15) is 5.75 Å². The molecule has 0 radical (unpaired) electrons. The number of likely N-dealkylation sites (tertiary alicyclic amines) is 1. The number of hydrogen-bond donors (Lipinski definition) is 1. The van der Waals surface area contributed by atoms with Crippen molar-refractivity contribution in [2.75, 3.05) is 26.7 Å². The molecule has 1 aromatic rings. The minimum atomic E-state index is -0.755.